The number of rotatable bonds is 5. The highest BCUT2D eigenvalue weighted by Gasteiger charge is 2.31. The maximum Gasteiger partial charge on any atom is 0.251 e. The summed E-state index contributed by atoms with van der Waals surface area (Å²) in [6.45, 7) is 4.28. The van der Waals surface area contributed by atoms with E-state index in [9.17, 15) is 9.90 Å². The minimum absolute atomic E-state index is 0.0764. The van der Waals surface area contributed by atoms with Gasteiger partial charge < -0.3 is 10.4 Å². The fraction of sp³-hybridized carbons (Fsp3) is 0.444. The summed E-state index contributed by atoms with van der Waals surface area (Å²) >= 11 is 0. The van der Waals surface area contributed by atoms with Gasteiger partial charge >= 0.3 is 0 Å². The quantitative estimate of drug-likeness (QED) is 0.768. The highest BCUT2D eigenvalue weighted by atomic mass is 16.3. The lowest BCUT2D eigenvalue weighted by atomic mass is 10.0. The van der Waals surface area contributed by atoms with E-state index in [0.717, 1.165) is 36.5 Å². The lowest BCUT2D eigenvalue weighted by molar-refractivity contribution is 0.0963. The molecule has 0 aliphatic carbocycles. The third-order valence-electron chi connectivity index (χ3n) is 4.56. The van der Waals surface area contributed by atoms with Crippen LogP contribution in [0.25, 0.3) is 0 Å². The first-order chi connectivity index (χ1) is 11.5. The number of H-pyrrole nitrogens is 1. The number of hydrogen-bond donors (Lipinski definition) is 3. The van der Waals surface area contributed by atoms with Gasteiger partial charge in [-0.25, -0.2) is 0 Å². The summed E-state index contributed by atoms with van der Waals surface area (Å²) in [6.07, 6.45) is 0.463. The third kappa shape index (κ3) is 3.83. The summed E-state index contributed by atoms with van der Waals surface area (Å²) in [5.41, 5.74) is 3.86. The van der Waals surface area contributed by atoms with E-state index in [1.807, 2.05) is 37.3 Å². The van der Waals surface area contributed by atoms with Crippen molar-refractivity contribution in [1.29, 1.82) is 0 Å². The third-order valence-corrected chi connectivity index (χ3v) is 4.56. The Hall–Kier alpha value is -2.18. The predicted octanol–water partition coefficient (Wildman–Crippen LogP) is 1.11. The number of carbonyl (C=O) groups is 1. The summed E-state index contributed by atoms with van der Waals surface area (Å²) in [7, 11) is 1.63. The first kappa shape index (κ1) is 16.7. The fourth-order valence-electron chi connectivity index (χ4n) is 3.28. The van der Waals surface area contributed by atoms with Gasteiger partial charge in [0.25, 0.3) is 5.91 Å². The number of aliphatic hydroxyl groups is 1. The summed E-state index contributed by atoms with van der Waals surface area (Å²) in [5, 5.41) is 20.2. The van der Waals surface area contributed by atoms with Crippen LogP contribution in [-0.2, 0) is 13.0 Å². The minimum atomic E-state index is -0.327. The zero-order valence-electron chi connectivity index (χ0n) is 14.1. The molecular weight excluding hydrogens is 304 g/mol. The molecule has 0 spiro atoms. The lowest BCUT2D eigenvalue weighted by Gasteiger charge is -2.15. The Balaban J connectivity index is 1.57. The molecule has 2 unspecified atom stereocenters. The van der Waals surface area contributed by atoms with Crippen molar-refractivity contribution in [2.75, 3.05) is 20.1 Å². The van der Waals surface area contributed by atoms with Crippen LogP contribution in [0.3, 0.4) is 0 Å². The number of aliphatic hydroxyl groups excluding tert-OH is 1. The maximum absolute atomic E-state index is 11.6. The molecular formula is C18H24N4O2. The van der Waals surface area contributed by atoms with Crippen molar-refractivity contribution in [2.45, 2.75) is 26.0 Å². The zero-order valence-corrected chi connectivity index (χ0v) is 14.1. The van der Waals surface area contributed by atoms with Crippen molar-refractivity contribution in [1.82, 2.24) is 20.4 Å². The topological polar surface area (TPSA) is 81.3 Å². The number of amides is 1. The van der Waals surface area contributed by atoms with Gasteiger partial charge in [-0.2, -0.15) is 5.10 Å². The van der Waals surface area contributed by atoms with E-state index in [1.165, 1.54) is 0 Å². The van der Waals surface area contributed by atoms with Crippen molar-refractivity contribution in [2.24, 2.45) is 5.92 Å². The second-order valence-corrected chi connectivity index (χ2v) is 6.54. The van der Waals surface area contributed by atoms with Crippen molar-refractivity contribution < 1.29 is 9.90 Å². The van der Waals surface area contributed by atoms with E-state index in [1.54, 1.807) is 7.05 Å². The van der Waals surface area contributed by atoms with Crippen LogP contribution in [0.1, 0.15) is 27.3 Å². The second-order valence-electron chi connectivity index (χ2n) is 6.54. The number of aromatic amines is 1. The molecule has 128 valence electrons. The van der Waals surface area contributed by atoms with Gasteiger partial charge in [0, 0.05) is 43.9 Å². The van der Waals surface area contributed by atoms with Gasteiger partial charge in [0.2, 0.25) is 0 Å². The molecule has 6 heteroatoms. The molecule has 24 heavy (non-hydrogen) atoms. The zero-order chi connectivity index (χ0) is 17.1. The number of hydrogen-bond acceptors (Lipinski definition) is 4. The van der Waals surface area contributed by atoms with Crippen LogP contribution in [0.5, 0.6) is 0 Å². The number of aromatic nitrogens is 2. The number of β-amino-alcohol motifs (C(OH)–C–C–N with tert-alkyl or cyclic N) is 1. The lowest BCUT2D eigenvalue weighted by Crippen LogP contribution is -2.21. The largest absolute Gasteiger partial charge is 0.391 e. The summed E-state index contributed by atoms with van der Waals surface area (Å²) in [4.78, 5) is 13.8. The molecule has 6 nitrogen and oxygen atoms in total. The van der Waals surface area contributed by atoms with Crippen LogP contribution in [0.2, 0.25) is 0 Å². The summed E-state index contributed by atoms with van der Waals surface area (Å²) in [6, 6.07) is 9.66. The van der Waals surface area contributed by atoms with E-state index in [-0.39, 0.29) is 17.9 Å². The average Bonchev–Trinajstić information content (AvgIpc) is 3.13. The van der Waals surface area contributed by atoms with E-state index < -0.39 is 0 Å². The average molecular weight is 328 g/mol. The number of likely N-dealkylation sites (tertiary alicyclic amines) is 1. The molecule has 1 aliphatic rings. The van der Waals surface area contributed by atoms with Crippen LogP contribution in [0.15, 0.2) is 30.3 Å². The molecule has 1 saturated heterocycles. The molecule has 2 heterocycles. The first-order valence-electron chi connectivity index (χ1n) is 8.27. The molecule has 1 aromatic carbocycles. The molecule has 3 N–H and O–H groups in total. The van der Waals surface area contributed by atoms with Crippen LogP contribution < -0.4 is 5.32 Å². The number of aryl methyl sites for hydroxylation is 1. The van der Waals surface area contributed by atoms with Crippen LogP contribution in [0, 0.1) is 12.8 Å². The number of carbonyl (C=O) groups excluding carboxylic acids is 1. The smallest absolute Gasteiger partial charge is 0.251 e. The van der Waals surface area contributed by atoms with Crippen molar-refractivity contribution in [3.05, 3.63) is 52.8 Å². The van der Waals surface area contributed by atoms with Gasteiger partial charge in [-0.1, -0.05) is 12.1 Å². The van der Waals surface area contributed by atoms with Gasteiger partial charge in [-0.3, -0.25) is 14.8 Å². The fourth-order valence-corrected chi connectivity index (χ4v) is 3.28. The highest BCUT2D eigenvalue weighted by molar-refractivity contribution is 5.93. The minimum Gasteiger partial charge on any atom is -0.391 e. The summed E-state index contributed by atoms with van der Waals surface area (Å²) in [5.74, 6) is 0.130. The molecule has 1 amide bonds. The second kappa shape index (κ2) is 7.15. The van der Waals surface area contributed by atoms with E-state index in [4.69, 9.17) is 0 Å². The Morgan fingerprint density at radius 1 is 1.38 bits per heavy atom. The van der Waals surface area contributed by atoms with Crippen molar-refractivity contribution in [3.8, 4) is 0 Å². The number of benzene rings is 1. The molecule has 3 rings (SSSR count). The molecule has 2 atom stereocenters. The maximum atomic E-state index is 11.6. The molecule has 1 aromatic heterocycles. The van der Waals surface area contributed by atoms with Gasteiger partial charge in [0.1, 0.15) is 0 Å². The Bertz CT molecular complexity index is 695. The molecule has 1 aliphatic heterocycles. The summed E-state index contributed by atoms with van der Waals surface area (Å²) < 4.78 is 0. The SMILES string of the molecule is CNC(=O)c1ccc(CN2CC(O)C(Cc3cc(C)[nH]n3)C2)cc1. The Morgan fingerprint density at radius 2 is 2.12 bits per heavy atom. The van der Waals surface area contributed by atoms with Gasteiger partial charge in [-0.15, -0.1) is 0 Å². The molecule has 0 bridgehead atoms. The van der Waals surface area contributed by atoms with Crippen LogP contribution in [-0.4, -0.2) is 52.4 Å². The molecule has 1 fully saturated rings. The predicted molar refractivity (Wildman–Crippen MR) is 91.6 cm³/mol. The highest BCUT2D eigenvalue weighted by Crippen LogP contribution is 2.23. The Labute approximate surface area is 141 Å². The monoisotopic (exact) mass is 328 g/mol. The van der Waals surface area contributed by atoms with E-state index >= 15 is 0 Å². The van der Waals surface area contributed by atoms with Gasteiger partial charge in [0.05, 0.1) is 11.8 Å². The van der Waals surface area contributed by atoms with E-state index in [2.05, 4.69) is 20.4 Å². The van der Waals surface area contributed by atoms with E-state index in [0.29, 0.717) is 12.1 Å². The van der Waals surface area contributed by atoms with Crippen molar-refractivity contribution >= 4 is 5.91 Å². The standard InChI is InChI=1S/C18H24N4O2/c1-12-7-16(21-20-12)8-15-10-22(11-17(15)23)9-13-3-5-14(6-4-13)18(24)19-2/h3-7,15,17,23H,8-11H2,1-2H3,(H,19,24)(H,20,21). The molecule has 0 saturated carbocycles. The normalized spacial score (nSPS) is 21.1. The van der Waals surface area contributed by atoms with Crippen LogP contribution >= 0.6 is 0 Å². The first-order valence-corrected chi connectivity index (χ1v) is 8.27. The van der Waals surface area contributed by atoms with Gasteiger partial charge in [-0.05, 0) is 37.1 Å². The van der Waals surface area contributed by atoms with Crippen molar-refractivity contribution in [3.63, 3.8) is 0 Å². The van der Waals surface area contributed by atoms with Crippen LogP contribution in [0.4, 0.5) is 0 Å². The Kier molecular flexibility index (Phi) is 4.97. The molecule has 0 radical (unpaired) electrons. The number of nitrogens with zero attached hydrogens (tertiary/aromatic N) is 2. The number of nitrogens with one attached hydrogen (secondary N) is 2. The van der Waals surface area contributed by atoms with Gasteiger partial charge in [0.15, 0.2) is 0 Å². The molecule has 2 aromatic rings. The Morgan fingerprint density at radius 3 is 2.75 bits per heavy atom.